The summed E-state index contributed by atoms with van der Waals surface area (Å²) in [5.74, 6) is 1.66. The van der Waals surface area contributed by atoms with Crippen LogP contribution in [0.15, 0.2) is 18.2 Å². The largest absolute Gasteiger partial charge is 0.493 e. The minimum absolute atomic E-state index is 0.131. The van der Waals surface area contributed by atoms with Crippen molar-refractivity contribution in [3.05, 3.63) is 35.2 Å². The lowest BCUT2D eigenvalue weighted by Gasteiger charge is -2.20. The van der Waals surface area contributed by atoms with Crippen LogP contribution in [0.2, 0.25) is 0 Å². The second-order valence-electron chi connectivity index (χ2n) is 7.22. The first kappa shape index (κ1) is 19.3. The molecule has 1 aliphatic carbocycles. The number of anilines is 1. The second-order valence-corrected chi connectivity index (χ2v) is 7.22. The maximum Gasteiger partial charge on any atom is 0.227 e. The molecule has 1 saturated carbocycles. The molecule has 0 bridgehead atoms. The van der Waals surface area contributed by atoms with Gasteiger partial charge in [-0.05, 0) is 44.4 Å². The summed E-state index contributed by atoms with van der Waals surface area (Å²) in [6.45, 7) is 4.54. The molecule has 1 fully saturated rings. The fourth-order valence-corrected chi connectivity index (χ4v) is 3.77. The van der Waals surface area contributed by atoms with Gasteiger partial charge in [0.1, 0.15) is 0 Å². The van der Waals surface area contributed by atoms with Gasteiger partial charge >= 0.3 is 0 Å². The Bertz CT molecular complexity index is 807. The molecule has 1 aliphatic rings. The third-order valence-electron chi connectivity index (χ3n) is 5.39. The highest BCUT2D eigenvalue weighted by molar-refractivity contribution is 5.93. The van der Waals surface area contributed by atoms with E-state index < -0.39 is 0 Å². The quantitative estimate of drug-likeness (QED) is 0.831. The smallest absolute Gasteiger partial charge is 0.227 e. The Morgan fingerprint density at radius 3 is 2.52 bits per heavy atom. The van der Waals surface area contributed by atoms with Crippen LogP contribution in [-0.2, 0) is 11.3 Å². The molecule has 0 aliphatic heterocycles. The molecule has 3 rings (SSSR count). The van der Waals surface area contributed by atoms with Crippen LogP contribution in [0.5, 0.6) is 11.5 Å². The van der Waals surface area contributed by atoms with Crippen LogP contribution in [0.1, 0.15) is 49.1 Å². The van der Waals surface area contributed by atoms with Crippen LogP contribution in [0, 0.1) is 19.8 Å². The minimum atomic E-state index is 0.131. The predicted octanol–water partition coefficient (Wildman–Crippen LogP) is 4.08. The highest BCUT2D eigenvalue weighted by atomic mass is 16.5. The lowest BCUT2D eigenvalue weighted by molar-refractivity contribution is -0.120. The monoisotopic (exact) mass is 371 g/mol. The fraction of sp³-hybridized carbons (Fsp3) is 0.524. The number of amides is 1. The number of benzene rings is 1. The van der Waals surface area contributed by atoms with Crippen LogP contribution in [-0.4, -0.2) is 29.9 Å². The molecule has 0 saturated heterocycles. The lowest BCUT2D eigenvalue weighted by Crippen LogP contribution is -2.25. The van der Waals surface area contributed by atoms with Crippen molar-refractivity contribution >= 4 is 11.6 Å². The molecule has 0 radical (unpaired) electrons. The number of nitrogens with one attached hydrogen (secondary N) is 1. The molecule has 1 heterocycles. The molecule has 2 aromatic rings. The van der Waals surface area contributed by atoms with Gasteiger partial charge in [-0.25, -0.2) is 0 Å². The Balaban J connectivity index is 1.76. The van der Waals surface area contributed by atoms with Gasteiger partial charge in [0.15, 0.2) is 11.5 Å². The number of aromatic nitrogens is 2. The van der Waals surface area contributed by atoms with Gasteiger partial charge in [-0.2, -0.15) is 5.10 Å². The first-order chi connectivity index (χ1) is 13.0. The summed E-state index contributed by atoms with van der Waals surface area (Å²) in [6.07, 6.45) is 5.52. The first-order valence-corrected chi connectivity index (χ1v) is 9.59. The Morgan fingerprint density at radius 1 is 1.15 bits per heavy atom. The average Bonchev–Trinajstić information content (AvgIpc) is 2.95. The number of carbonyl (C=O) groups excluding carboxylic acids is 1. The number of hydrogen-bond acceptors (Lipinski definition) is 4. The van der Waals surface area contributed by atoms with E-state index in [0.717, 1.165) is 48.3 Å². The van der Waals surface area contributed by atoms with E-state index in [2.05, 4.69) is 10.4 Å². The molecule has 0 atom stereocenters. The van der Waals surface area contributed by atoms with Gasteiger partial charge in [0.05, 0.1) is 37.8 Å². The van der Waals surface area contributed by atoms with Crippen molar-refractivity contribution in [3.63, 3.8) is 0 Å². The van der Waals surface area contributed by atoms with E-state index in [9.17, 15) is 4.79 Å². The molecule has 1 N–H and O–H groups in total. The zero-order valence-electron chi connectivity index (χ0n) is 16.7. The molecule has 6 heteroatoms. The second kappa shape index (κ2) is 8.46. The average molecular weight is 371 g/mol. The standard InChI is InChI=1S/C21H29N3O3/c1-14-20(22-21(25)17-8-6-5-7-9-17)15(2)24(23-14)13-16-10-11-18(26-3)19(12-16)27-4/h10-12,17H,5-9,13H2,1-4H3,(H,22,25). The van der Waals surface area contributed by atoms with Crippen LogP contribution >= 0.6 is 0 Å². The predicted molar refractivity (Wildman–Crippen MR) is 106 cm³/mol. The molecule has 1 aromatic heterocycles. The van der Waals surface area contributed by atoms with E-state index in [4.69, 9.17) is 9.47 Å². The SMILES string of the molecule is COc1ccc(Cn2nc(C)c(NC(=O)C3CCCCC3)c2C)cc1OC. The van der Waals surface area contributed by atoms with Gasteiger partial charge in [0.25, 0.3) is 0 Å². The number of rotatable bonds is 6. The molecule has 146 valence electrons. The Kier molecular flexibility index (Phi) is 6.04. The Hall–Kier alpha value is -2.50. The number of hydrogen-bond donors (Lipinski definition) is 1. The maximum absolute atomic E-state index is 12.6. The highest BCUT2D eigenvalue weighted by Crippen LogP contribution is 2.29. The molecule has 1 aromatic carbocycles. The van der Waals surface area contributed by atoms with Crippen LogP contribution in [0.25, 0.3) is 0 Å². The highest BCUT2D eigenvalue weighted by Gasteiger charge is 2.23. The third kappa shape index (κ3) is 4.26. The molecule has 27 heavy (non-hydrogen) atoms. The zero-order chi connectivity index (χ0) is 19.4. The van der Waals surface area contributed by atoms with Crippen molar-refractivity contribution in [1.82, 2.24) is 9.78 Å². The Labute approximate surface area is 160 Å². The van der Waals surface area contributed by atoms with Crippen molar-refractivity contribution in [2.75, 3.05) is 19.5 Å². The van der Waals surface area contributed by atoms with Gasteiger partial charge in [-0.3, -0.25) is 9.48 Å². The summed E-state index contributed by atoms with van der Waals surface area (Å²) in [4.78, 5) is 12.6. The van der Waals surface area contributed by atoms with Crippen molar-refractivity contribution in [1.29, 1.82) is 0 Å². The topological polar surface area (TPSA) is 65.4 Å². The zero-order valence-corrected chi connectivity index (χ0v) is 16.7. The molecular formula is C21H29N3O3. The Morgan fingerprint density at radius 2 is 1.85 bits per heavy atom. The number of methoxy groups -OCH3 is 2. The third-order valence-corrected chi connectivity index (χ3v) is 5.39. The van der Waals surface area contributed by atoms with Gasteiger partial charge in [-0.1, -0.05) is 25.3 Å². The van der Waals surface area contributed by atoms with Crippen LogP contribution in [0.4, 0.5) is 5.69 Å². The number of carbonyl (C=O) groups is 1. The van der Waals surface area contributed by atoms with Crippen molar-refractivity contribution in [2.45, 2.75) is 52.5 Å². The summed E-state index contributed by atoms with van der Waals surface area (Å²) in [5.41, 5.74) is 3.71. The van der Waals surface area contributed by atoms with E-state index in [1.54, 1.807) is 14.2 Å². The van der Waals surface area contributed by atoms with E-state index in [1.165, 1.54) is 6.42 Å². The van der Waals surface area contributed by atoms with Gasteiger partial charge < -0.3 is 14.8 Å². The minimum Gasteiger partial charge on any atom is -0.493 e. The normalized spacial score (nSPS) is 14.8. The first-order valence-electron chi connectivity index (χ1n) is 9.59. The number of nitrogens with zero attached hydrogens (tertiary/aromatic N) is 2. The van der Waals surface area contributed by atoms with Crippen molar-refractivity contribution in [2.24, 2.45) is 5.92 Å². The number of ether oxygens (including phenoxy) is 2. The van der Waals surface area contributed by atoms with Crippen molar-refractivity contribution < 1.29 is 14.3 Å². The van der Waals surface area contributed by atoms with E-state index in [0.29, 0.717) is 18.0 Å². The van der Waals surface area contributed by atoms with Gasteiger partial charge in [-0.15, -0.1) is 0 Å². The van der Waals surface area contributed by atoms with Crippen LogP contribution < -0.4 is 14.8 Å². The summed E-state index contributed by atoms with van der Waals surface area (Å²) in [7, 11) is 3.25. The summed E-state index contributed by atoms with van der Waals surface area (Å²) in [6, 6.07) is 5.85. The van der Waals surface area contributed by atoms with Crippen molar-refractivity contribution in [3.8, 4) is 11.5 Å². The summed E-state index contributed by atoms with van der Waals surface area (Å²) in [5, 5.41) is 7.76. The lowest BCUT2D eigenvalue weighted by atomic mass is 9.88. The van der Waals surface area contributed by atoms with Gasteiger partial charge in [0, 0.05) is 5.92 Å². The maximum atomic E-state index is 12.6. The fourth-order valence-electron chi connectivity index (χ4n) is 3.77. The number of aryl methyl sites for hydroxylation is 1. The van der Waals surface area contributed by atoms with Gasteiger partial charge in [0.2, 0.25) is 5.91 Å². The molecule has 1 amide bonds. The molecule has 0 spiro atoms. The van der Waals surface area contributed by atoms with Crippen LogP contribution in [0.3, 0.4) is 0 Å². The molecule has 6 nitrogen and oxygen atoms in total. The van der Waals surface area contributed by atoms with E-state index >= 15 is 0 Å². The molecule has 0 unspecified atom stereocenters. The summed E-state index contributed by atoms with van der Waals surface area (Å²) < 4.78 is 12.6. The van der Waals surface area contributed by atoms with E-state index in [1.807, 2.05) is 36.7 Å². The summed E-state index contributed by atoms with van der Waals surface area (Å²) >= 11 is 0. The molecular weight excluding hydrogens is 342 g/mol. The van der Waals surface area contributed by atoms with E-state index in [-0.39, 0.29) is 11.8 Å².